The number of rotatable bonds is 3. The molecule has 0 unspecified atom stereocenters. The summed E-state index contributed by atoms with van der Waals surface area (Å²) in [6, 6.07) is 7.38. The Morgan fingerprint density at radius 2 is 1.65 bits per heavy atom. The van der Waals surface area contributed by atoms with Crippen molar-refractivity contribution in [1.29, 1.82) is 0 Å². The first-order valence-corrected chi connectivity index (χ1v) is 6.90. The molecule has 0 aliphatic carbocycles. The van der Waals surface area contributed by atoms with Gasteiger partial charge in [0.15, 0.2) is 11.0 Å². The maximum absolute atomic E-state index is 8.62. The molecule has 1 heterocycles. The van der Waals surface area contributed by atoms with Crippen LogP contribution in [0, 0.1) is 20.8 Å². The van der Waals surface area contributed by atoms with Gasteiger partial charge in [0.2, 0.25) is 0 Å². The fourth-order valence-electron chi connectivity index (χ4n) is 1.64. The van der Waals surface area contributed by atoms with E-state index in [1.54, 1.807) is 12.1 Å². The highest BCUT2D eigenvalue weighted by molar-refractivity contribution is 7.99. The third-order valence-corrected chi connectivity index (χ3v) is 3.95. The van der Waals surface area contributed by atoms with Crippen molar-refractivity contribution in [2.45, 2.75) is 30.8 Å². The van der Waals surface area contributed by atoms with E-state index in [9.17, 15) is 0 Å². The van der Waals surface area contributed by atoms with E-state index in [1.807, 2.05) is 32.9 Å². The van der Waals surface area contributed by atoms with E-state index in [0.29, 0.717) is 5.56 Å². The molecule has 0 amide bonds. The van der Waals surface area contributed by atoms with Crippen LogP contribution in [-0.2, 0) is 0 Å². The minimum atomic E-state index is 0.0971. The second-order valence-corrected chi connectivity index (χ2v) is 5.45. The van der Waals surface area contributed by atoms with E-state index in [4.69, 9.17) is 10.9 Å². The smallest absolute Gasteiger partial charge is 0.192 e. The minimum absolute atomic E-state index is 0.0971. The molecule has 1 aromatic heterocycles. The van der Waals surface area contributed by atoms with Crippen LogP contribution in [0.25, 0.3) is 0 Å². The molecule has 0 fully saturated rings. The number of aromatic nitrogens is 2. The highest BCUT2D eigenvalue weighted by Gasteiger charge is 2.07. The zero-order valence-corrected chi connectivity index (χ0v) is 12.4. The summed E-state index contributed by atoms with van der Waals surface area (Å²) >= 11 is 1.49. The predicted octanol–water partition coefficient (Wildman–Crippen LogP) is 2.65. The van der Waals surface area contributed by atoms with Gasteiger partial charge in [0.1, 0.15) is 0 Å². The largest absolute Gasteiger partial charge is 0.409 e. The molecule has 0 radical (unpaired) electrons. The maximum Gasteiger partial charge on any atom is 0.192 e. The van der Waals surface area contributed by atoms with Gasteiger partial charge >= 0.3 is 0 Å². The highest BCUT2D eigenvalue weighted by Crippen LogP contribution is 2.26. The number of hydrogen-bond acceptors (Lipinski definition) is 5. The minimum Gasteiger partial charge on any atom is -0.409 e. The summed E-state index contributed by atoms with van der Waals surface area (Å²) in [6.07, 6.45) is 0. The predicted molar refractivity (Wildman–Crippen MR) is 79.3 cm³/mol. The molecule has 0 atom stereocenters. The van der Waals surface area contributed by atoms with Crippen LogP contribution in [0.4, 0.5) is 0 Å². The number of aryl methyl sites for hydroxylation is 2. The first-order chi connectivity index (χ1) is 9.51. The molecule has 104 valence electrons. The summed E-state index contributed by atoms with van der Waals surface area (Å²) in [7, 11) is 0. The van der Waals surface area contributed by atoms with Crippen molar-refractivity contribution in [1.82, 2.24) is 9.97 Å². The zero-order chi connectivity index (χ0) is 14.7. The summed E-state index contributed by atoms with van der Waals surface area (Å²) in [5, 5.41) is 12.3. The van der Waals surface area contributed by atoms with Crippen LogP contribution in [0.2, 0.25) is 0 Å². The van der Waals surface area contributed by atoms with Gasteiger partial charge in [0, 0.05) is 21.8 Å². The van der Waals surface area contributed by atoms with Crippen LogP contribution >= 0.6 is 11.8 Å². The molecular weight excluding hydrogens is 272 g/mol. The normalized spacial score (nSPS) is 11.7. The molecular formula is C14H16N4OS. The Morgan fingerprint density at radius 3 is 2.15 bits per heavy atom. The third kappa shape index (κ3) is 3.08. The second-order valence-electron chi connectivity index (χ2n) is 4.41. The van der Waals surface area contributed by atoms with Gasteiger partial charge in [-0.15, -0.1) is 0 Å². The first-order valence-electron chi connectivity index (χ1n) is 6.09. The van der Waals surface area contributed by atoms with E-state index in [1.165, 1.54) is 11.8 Å². The Hall–Kier alpha value is -2.08. The highest BCUT2D eigenvalue weighted by atomic mass is 32.2. The number of amidine groups is 1. The van der Waals surface area contributed by atoms with E-state index in [2.05, 4.69) is 15.1 Å². The molecule has 0 saturated heterocycles. The lowest BCUT2D eigenvalue weighted by Gasteiger charge is -2.07. The lowest BCUT2D eigenvalue weighted by atomic mass is 10.2. The Balaban J connectivity index is 2.22. The summed E-state index contributed by atoms with van der Waals surface area (Å²) in [6.45, 7) is 5.98. The standard InChI is InChI=1S/C14H16N4OS/c1-8-9(2)16-14(17-10(8)3)20-12-6-4-11(5-7-12)13(15)18-19/h4-7,19H,1-3H3,(H2,15,18). The maximum atomic E-state index is 8.62. The van der Waals surface area contributed by atoms with Gasteiger partial charge in [-0.1, -0.05) is 17.3 Å². The van der Waals surface area contributed by atoms with Crippen molar-refractivity contribution in [3.8, 4) is 0 Å². The van der Waals surface area contributed by atoms with Gasteiger partial charge in [0.25, 0.3) is 0 Å². The summed E-state index contributed by atoms with van der Waals surface area (Å²) in [4.78, 5) is 9.93. The fourth-order valence-corrected chi connectivity index (χ4v) is 2.49. The SMILES string of the molecule is Cc1nc(Sc2ccc(C(N)=NO)cc2)nc(C)c1C. The van der Waals surface area contributed by atoms with Crippen LogP contribution < -0.4 is 5.73 Å². The molecule has 0 bridgehead atoms. The van der Waals surface area contributed by atoms with Crippen molar-refractivity contribution in [3.05, 3.63) is 46.8 Å². The molecule has 2 rings (SSSR count). The number of nitrogens with two attached hydrogens (primary N) is 1. The van der Waals surface area contributed by atoms with Crippen LogP contribution in [0.3, 0.4) is 0 Å². The van der Waals surface area contributed by atoms with Crippen LogP contribution in [0.5, 0.6) is 0 Å². The number of oxime groups is 1. The zero-order valence-electron chi connectivity index (χ0n) is 11.6. The van der Waals surface area contributed by atoms with Gasteiger partial charge in [-0.2, -0.15) is 0 Å². The van der Waals surface area contributed by atoms with E-state index < -0.39 is 0 Å². The van der Waals surface area contributed by atoms with Crippen molar-refractivity contribution >= 4 is 17.6 Å². The first kappa shape index (κ1) is 14.3. The van der Waals surface area contributed by atoms with Crippen molar-refractivity contribution in [2.75, 3.05) is 0 Å². The molecule has 0 saturated carbocycles. The van der Waals surface area contributed by atoms with Gasteiger partial charge in [0.05, 0.1) is 0 Å². The number of nitrogens with zero attached hydrogens (tertiary/aromatic N) is 3. The Kier molecular flexibility index (Phi) is 4.24. The molecule has 6 heteroatoms. The molecule has 0 aliphatic rings. The third-order valence-electron chi connectivity index (χ3n) is 3.08. The van der Waals surface area contributed by atoms with Crippen LogP contribution in [-0.4, -0.2) is 21.0 Å². The van der Waals surface area contributed by atoms with E-state index in [0.717, 1.165) is 27.0 Å². The summed E-state index contributed by atoms with van der Waals surface area (Å²) in [5.74, 6) is 0.0971. The van der Waals surface area contributed by atoms with Gasteiger partial charge in [-0.3, -0.25) is 0 Å². The second kappa shape index (κ2) is 5.92. The molecule has 2 aromatic rings. The lowest BCUT2D eigenvalue weighted by Crippen LogP contribution is -2.12. The summed E-state index contributed by atoms with van der Waals surface area (Å²) in [5.41, 5.74) is 9.31. The van der Waals surface area contributed by atoms with Crippen LogP contribution in [0.1, 0.15) is 22.5 Å². The summed E-state index contributed by atoms with van der Waals surface area (Å²) < 4.78 is 0. The quantitative estimate of drug-likeness (QED) is 0.298. The average molecular weight is 288 g/mol. The molecule has 1 aromatic carbocycles. The Labute approximate surface area is 121 Å². The Morgan fingerprint density at radius 1 is 1.10 bits per heavy atom. The Bertz CT molecular complexity index is 630. The van der Waals surface area contributed by atoms with Crippen molar-refractivity contribution in [2.24, 2.45) is 10.9 Å². The van der Waals surface area contributed by atoms with Crippen molar-refractivity contribution < 1.29 is 5.21 Å². The molecule has 5 nitrogen and oxygen atoms in total. The van der Waals surface area contributed by atoms with Crippen LogP contribution in [0.15, 0.2) is 39.5 Å². The molecule has 0 aliphatic heterocycles. The number of benzene rings is 1. The molecule has 20 heavy (non-hydrogen) atoms. The monoisotopic (exact) mass is 288 g/mol. The van der Waals surface area contributed by atoms with E-state index in [-0.39, 0.29) is 5.84 Å². The number of hydrogen-bond donors (Lipinski definition) is 2. The van der Waals surface area contributed by atoms with E-state index >= 15 is 0 Å². The molecule has 0 spiro atoms. The lowest BCUT2D eigenvalue weighted by molar-refractivity contribution is 0.318. The van der Waals surface area contributed by atoms with Crippen molar-refractivity contribution in [3.63, 3.8) is 0 Å². The molecule has 3 N–H and O–H groups in total. The topological polar surface area (TPSA) is 84.4 Å². The fraction of sp³-hybridized carbons (Fsp3) is 0.214. The van der Waals surface area contributed by atoms with Gasteiger partial charge in [-0.25, -0.2) is 9.97 Å². The van der Waals surface area contributed by atoms with Gasteiger partial charge < -0.3 is 10.9 Å². The average Bonchev–Trinajstić information content (AvgIpc) is 2.44. The van der Waals surface area contributed by atoms with Gasteiger partial charge in [-0.05, 0) is 50.2 Å².